The number of methoxy groups -OCH3 is 1. The van der Waals surface area contributed by atoms with Gasteiger partial charge in [0.05, 0.1) is 7.11 Å². The Hall–Kier alpha value is -2.71. The first-order valence-electron chi connectivity index (χ1n) is 7.92. The summed E-state index contributed by atoms with van der Waals surface area (Å²) in [5, 5.41) is 7.79. The van der Waals surface area contributed by atoms with E-state index in [0.29, 0.717) is 11.5 Å². The molecule has 136 valence electrons. The third-order valence-corrected chi connectivity index (χ3v) is 5.25. The monoisotopic (exact) mass is 373 g/mol. The van der Waals surface area contributed by atoms with Crippen molar-refractivity contribution in [2.75, 3.05) is 7.11 Å². The van der Waals surface area contributed by atoms with Gasteiger partial charge in [-0.25, -0.2) is 8.42 Å². The zero-order valence-electron chi connectivity index (χ0n) is 14.6. The summed E-state index contributed by atoms with van der Waals surface area (Å²) in [5.74, 6) is 0.786. The molecule has 2 aromatic carbocycles. The van der Waals surface area contributed by atoms with Gasteiger partial charge >= 0.3 is 0 Å². The summed E-state index contributed by atoms with van der Waals surface area (Å²) in [7, 11) is -2.48. The lowest BCUT2D eigenvalue weighted by molar-refractivity contribution is 0.401. The average Bonchev–Trinajstić information content (AvgIpc) is 3.06. The van der Waals surface area contributed by atoms with Crippen LogP contribution in [0.15, 0.2) is 57.8 Å². The minimum atomic E-state index is -3.91. The largest absolute Gasteiger partial charge is 0.495 e. The van der Waals surface area contributed by atoms with Crippen LogP contribution in [0.25, 0.3) is 0 Å². The molecule has 0 aliphatic heterocycles. The zero-order valence-corrected chi connectivity index (χ0v) is 15.4. The molecule has 3 aromatic rings. The zero-order chi connectivity index (χ0) is 18.7. The van der Waals surface area contributed by atoms with Gasteiger partial charge in [0, 0.05) is 6.92 Å². The van der Waals surface area contributed by atoms with Crippen molar-refractivity contribution in [3.8, 4) is 5.75 Å². The van der Waals surface area contributed by atoms with E-state index in [1.807, 2.05) is 25.1 Å². The summed E-state index contributed by atoms with van der Waals surface area (Å²) < 4.78 is 39.4. The molecule has 0 radical (unpaired) electrons. The molecule has 0 aliphatic carbocycles. The van der Waals surface area contributed by atoms with Gasteiger partial charge in [0.25, 0.3) is 0 Å². The molecular weight excluding hydrogens is 354 g/mol. The normalized spacial score (nSPS) is 12.7. The predicted octanol–water partition coefficient (Wildman–Crippen LogP) is 2.76. The van der Waals surface area contributed by atoms with Crippen LogP contribution in [0, 0.1) is 13.8 Å². The number of ether oxygens (including phenoxy) is 1. The molecule has 1 aromatic heterocycles. The molecule has 26 heavy (non-hydrogen) atoms. The number of sulfonamides is 1. The fourth-order valence-electron chi connectivity index (χ4n) is 2.55. The van der Waals surface area contributed by atoms with Crippen LogP contribution in [0.3, 0.4) is 0 Å². The van der Waals surface area contributed by atoms with E-state index < -0.39 is 16.1 Å². The number of hydrogen-bond donors (Lipinski definition) is 1. The van der Waals surface area contributed by atoms with Crippen molar-refractivity contribution >= 4 is 10.0 Å². The Morgan fingerprint density at radius 3 is 2.42 bits per heavy atom. The Labute approximate surface area is 152 Å². The van der Waals surface area contributed by atoms with Gasteiger partial charge < -0.3 is 9.15 Å². The molecule has 8 heteroatoms. The minimum Gasteiger partial charge on any atom is -0.495 e. The van der Waals surface area contributed by atoms with Crippen LogP contribution in [0.1, 0.15) is 29.0 Å². The lowest BCUT2D eigenvalue weighted by Crippen LogP contribution is -2.30. The Morgan fingerprint density at radius 1 is 1.08 bits per heavy atom. The molecule has 1 heterocycles. The first-order valence-corrected chi connectivity index (χ1v) is 9.41. The molecule has 1 N–H and O–H groups in total. The topological polar surface area (TPSA) is 94.3 Å². The Kier molecular flexibility index (Phi) is 5.06. The minimum absolute atomic E-state index is 0.0529. The van der Waals surface area contributed by atoms with Crippen LogP contribution >= 0.6 is 0 Å². The molecule has 3 rings (SSSR count). The second-order valence-electron chi connectivity index (χ2n) is 5.78. The highest BCUT2D eigenvalue weighted by Crippen LogP contribution is 2.28. The number of aryl methyl sites for hydroxylation is 2. The number of benzene rings is 2. The van der Waals surface area contributed by atoms with Crippen LogP contribution < -0.4 is 9.46 Å². The lowest BCUT2D eigenvalue weighted by atomic mass is 10.1. The highest BCUT2D eigenvalue weighted by molar-refractivity contribution is 7.89. The van der Waals surface area contributed by atoms with E-state index in [4.69, 9.17) is 9.15 Å². The van der Waals surface area contributed by atoms with Gasteiger partial charge in [-0.05, 0) is 30.2 Å². The third kappa shape index (κ3) is 3.76. The molecule has 0 saturated heterocycles. The maximum atomic E-state index is 13.0. The molecule has 0 amide bonds. The van der Waals surface area contributed by atoms with Crippen LogP contribution in [-0.2, 0) is 10.0 Å². The summed E-state index contributed by atoms with van der Waals surface area (Å²) in [6, 6.07) is 13.2. The van der Waals surface area contributed by atoms with Gasteiger partial charge in [-0.15, -0.1) is 10.2 Å². The first kappa shape index (κ1) is 18.1. The Bertz CT molecular complexity index is 1000. The maximum Gasteiger partial charge on any atom is 0.245 e. The van der Waals surface area contributed by atoms with E-state index >= 15 is 0 Å². The van der Waals surface area contributed by atoms with Gasteiger partial charge in [0.15, 0.2) is 0 Å². The van der Waals surface area contributed by atoms with E-state index in [1.54, 1.807) is 37.3 Å². The van der Waals surface area contributed by atoms with Crippen molar-refractivity contribution in [1.82, 2.24) is 14.9 Å². The van der Waals surface area contributed by atoms with Gasteiger partial charge in [-0.1, -0.05) is 36.4 Å². The standard InChI is InChI=1S/C18H19N3O4S/c1-12-9-10-15(24-3)16(11-12)26(22,23)21-17(14-7-5-4-6-8-14)18-20-19-13(2)25-18/h4-11,17,21H,1-3H3. The first-order chi connectivity index (χ1) is 12.4. The van der Waals surface area contributed by atoms with Crippen LogP contribution in [0.5, 0.6) is 5.75 Å². The van der Waals surface area contributed by atoms with E-state index in [0.717, 1.165) is 5.56 Å². The number of nitrogens with one attached hydrogen (secondary N) is 1. The molecule has 1 atom stereocenters. The fourth-order valence-corrected chi connectivity index (χ4v) is 3.98. The highest BCUT2D eigenvalue weighted by atomic mass is 32.2. The summed E-state index contributed by atoms with van der Waals surface area (Å²) in [5.41, 5.74) is 1.49. The lowest BCUT2D eigenvalue weighted by Gasteiger charge is -2.17. The van der Waals surface area contributed by atoms with E-state index in [-0.39, 0.29) is 16.5 Å². The van der Waals surface area contributed by atoms with Gasteiger partial charge in [0.2, 0.25) is 21.8 Å². The molecular formula is C18H19N3O4S. The van der Waals surface area contributed by atoms with Crippen molar-refractivity contribution in [2.24, 2.45) is 0 Å². The molecule has 7 nitrogen and oxygen atoms in total. The van der Waals surface area contributed by atoms with Gasteiger partial charge in [-0.2, -0.15) is 4.72 Å². The smallest absolute Gasteiger partial charge is 0.245 e. The van der Waals surface area contributed by atoms with E-state index in [9.17, 15) is 8.42 Å². The average molecular weight is 373 g/mol. The quantitative estimate of drug-likeness (QED) is 0.714. The van der Waals surface area contributed by atoms with Crippen LogP contribution in [0.4, 0.5) is 0 Å². The summed E-state index contributed by atoms with van der Waals surface area (Å²) in [6.45, 7) is 3.46. The fraction of sp³-hybridized carbons (Fsp3) is 0.222. The third-order valence-electron chi connectivity index (χ3n) is 3.80. The second kappa shape index (κ2) is 7.27. The molecule has 0 bridgehead atoms. The Balaban J connectivity index is 2.05. The van der Waals surface area contributed by atoms with Crippen molar-refractivity contribution < 1.29 is 17.6 Å². The van der Waals surface area contributed by atoms with Crippen molar-refractivity contribution in [3.05, 3.63) is 71.4 Å². The number of rotatable bonds is 6. The summed E-state index contributed by atoms with van der Waals surface area (Å²) >= 11 is 0. The SMILES string of the molecule is COc1ccc(C)cc1S(=O)(=O)NC(c1ccccc1)c1nnc(C)o1. The van der Waals surface area contributed by atoms with Crippen molar-refractivity contribution in [2.45, 2.75) is 24.8 Å². The highest BCUT2D eigenvalue weighted by Gasteiger charge is 2.29. The van der Waals surface area contributed by atoms with Crippen LogP contribution in [-0.4, -0.2) is 25.7 Å². The maximum absolute atomic E-state index is 13.0. The number of hydrogen-bond acceptors (Lipinski definition) is 6. The van der Waals surface area contributed by atoms with E-state index in [2.05, 4.69) is 14.9 Å². The Morgan fingerprint density at radius 2 is 1.81 bits per heavy atom. The number of aromatic nitrogens is 2. The van der Waals surface area contributed by atoms with Crippen molar-refractivity contribution in [1.29, 1.82) is 0 Å². The molecule has 0 fully saturated rings. The van der Waals surface area contributed by atoms with Gasteiger partial charge in [0.1, 0.15) is 16.7 Å². The van der Waals surface area contributed by atoms with Crippen LogP contribution in [0.2, 0.25) is 0 Å². The molecule has 1 unspecified atom stereocenters. The van der Waals surface area contributed by atoms with E-state index in [1.165, 1.54) is 7.11 Å². The summed E-state index contributed by atoms with van der Waals surface area (Å²) in [4.78, 5) is 0.0529. The van der Waals surface area contributed by atoms with Gasteiger partial charge in [-0.3, -0.25) is 0 Å². The molecule has 0 saturated carbocycles. The summed E-state index contributed by atoms with van der Waals surface area (Å²) in [6.07, 6.45) is 0. The molecule has 0 aliphatic rings. The van der Waals surface area contributed by atoms with Crippen molar-refractivity contribution in [3.63, 3.8) is 0 Å². The second-order valence-corrected chi connectivity index (χ2v) is 7.46. The number of nitrogens with zero attached hydrogens (tertiary/aromatic N) is 2. The predicted molar refractivity (Wildman–Crippen MR) is 95.4 cm³/mol. The molecule has 0 spiro atoms.